The van der Waals surface area contributed by atoms with Crippen LogP contribution in [0, 0.1) is 6.92 Å². The summed E-state index contributed by atoms with van der Waals surface area (Å²) in [6.45, 7) is 6.07. The van der Waals surface area contributed by atoms with E-state index in [9.17, 15) is 9.59 Å². The maximum atomic E-state index is 12.4. The van der Waals surface area contributed by atoms with Crippen LogP contribution in [0.5, 0.6) is 0 Å². The van der Waals surface area contributed by atoms with Crippen LogP contribution in [0.3, 0.4) is 0 Å². The lowest BCUT2D eigenvalue weighted by Gasteiger charge is -2.23. The van der Waals surface area contributed by atoms with E-state index < -0.39 is 12.0 Å². The van der Waals surface area contributed by atoms with Crippen LogP contribution in [0.4, 0.5) is 10.5 Å². The average molecular weight is 308 g/mol. The Bertz CT molecular complexity index is 560. The van der Waals surface area contributed by atoms with Crippen molar-refractivity contribution in [2.24, 2.45) is 0 Å². The second-order valence-corrected chi connectivity index (χ2v) is 6.45. The number of para-hydroxylation sites is 1. The van der Waals surface area contributed by atoms with E-state index in [1.807, 2.05) is 25.1 Å². The SMILES string of the molecule is Cc1cccc(C(C)C)c1NC(=O)N1CSCC1C(=O)O. The number of anilines is 1. The fourth-order valence-electron chi connectivity index (χ4n) is 2.37. The number of nitrogens with zero attached hydrogens (tertiary/aromatic N) is 1. The second-order valence-electron chi connectivity index (χ2n) is 5.45. The number of thioether (sulfide) groups is 1. The number of rotatable bonds is 3. The number of nitrogens with one attached hydrogen (secondary N) is 1. The maximum absolute atomic E-state index is 12.4. The third-order valence-electron chi connectivity index (χ3n) is 3.59. The van der Waals surface area contributed by atoms with E-state index in [1.165, 1.54) is 16.7 Å². The topological polar surface area (TPSA) is 69.6 Å². The molecule has 1 saturated heterocycles. The van der Waals surface area contributed by atoms with Crippen LogP contribution in [0.1, 0.15) is 30.9 Å². The van der Waals surface area contributed by atoms with Crippen molar-refractivity contribution >= 4 is 29.4 Å². The molecule has 114 valence electrons. The van der Waals surface area contributed by atoms with Gasteiger partial charge in [0.1, 0.15) is 6.04 Å². The molecule has 6 heteroatoms. The molecule has 0 radical (unpaired) electrons. The van der Waals surface area contributed by atoms with Crippen molar-refractivity contribution < 1.29 is 14.7 Å². The number of carbonyl (C=O) groups is 2. The quantitative estimate of drug-likeness (QED) is 0.900. The number of hydrogen-bond donors (Lipinski definition) is 2. The maximum Gasteiger partial charge on any atom is 0.327 e. The van der Waals surface area contributed by atoms with E-state index in [4.69, 9.17) is 5.11 Å². The summed E-state index contributed by atoms with van der Waals surface area (Å²) in [6, 6.07) is 4.80. The molecule has 1 aromatic carbocycles. The normalized spacial score (nSPS) is 18.1. The van der Waals surface area contributed by atoms with Gasteiger partial charge in [-0.25, -0.2) is 9.59 Å². The van der Waals surface area contributed by atoms with E-state index in [0.717, 1.165) is 16.8 Å². The van der Waals surface area contributed by atoms with Crippen LogP contribution in [0.25, 0.3) is 0 Å². The van der Waals surface area contributed by atoms with Crippen molar-refractivity contribution in [3.05, 3.63) is 29.3 Å². The average Bonchev–Trinajstić information content (AvgIpc) is 2.90. The zero-order chi connectivity index (χ0) is 15.6. The number of carbonyl (C=O) groups excluding carboxylic acids is 1. The first-order chi connectivity index (χ1) is 9.91. The van der Waals surface area contributed by atoms with Crippen molar-refractivity contribution in [1.82, 2.24) is 4.90 Å². The fourth-order valence-corrected chi connectivity index (χ4v) is 3.51. The zero-order valence-electron chi connectivity index (χ0n) is 12.4. The van der Waals surface area contributed by atoms with Crippen LogP contribution < -0.4 is 5.32 Å². The number of hydrogen-bond acceptors (Lipinski definition) is 3. The summed E-state index contributed by atoms with van der Waals surface area (Å²) in [4.78, 5) is 24.9. The molecular formula is C15H20N2O3S. The highest BCUT2D eigenvalue weighted by Crippen LogP contribution is 2.29. The number of carboxylic acids is 1. The van der Waals surface area contributed by atoms with Crippen LogP contribution in [0.15, 0.2) is 18.2 Å². The summed E-state index contributed by atoms with van der Waals surface area (Å²) >= 11 is 1.46. The molecular weight excluding hydrogens is 288 g/mol. The molecule has 1 aliphatic rings. The predicted octanol–water partition coefficient (Wildman–Crippen LogP) is 3.11. The molecule has 0 bridgehead atoms. The first-order valence-corrected chi connectivity index (χ1v) is 8.05. The minimum atomic E-state index is -0.955. The molecule has 1 aliphatic heterocycles. The minimum Gasteiger partial charge on any atom is -0.480 e. The summed E-state index contributed by atoms with van der Waals surface area (Å²) < 4.78 is 0. The molecule has 2 N–H and O–H groups in total. The second kappa shape index (κ2) is 6.39. The van der Waals surface area contributed by atoms with Crippen LogP contribution in [-0.4, -0.2) is 39.7 Å². The van der Waals surface area contributed by atoms with Gasteiger partial charge in [-0.2, -0.15) is 0 Å². The third-order valence-corrected chi connectivity index (χ3v) is 4.60. The van der Waals surface area contributed by atoms with E-state index in [2.05, 4.69) is 19.2 Å². The number of urea groups is 1. The van der Waals surface area contributed by atoms with Gasteiger partial charge < -0.3 is 15.3 Å². The molecule has 1 unspecified atom stereocenters. The fraction of sp³-hybridized carbons (Fsp3) is 0.467. The Kier molecular flexibility index (Phi) is 4.77. The van der Waals surface area contributed by atoms with Gasteiger partial charge in [0, 0.05) is 11.4 Å². The van der Waals surface area contributed by atoms with Crippen LogP contribution >= 0.6 is 11.8 Å². The molecule has 0 spiro atoms. The molecule has 1 heterocycles. The lowest BCUT2D eigenvalue weighted by atomic mass is 9.98. The highest BCUT2D eigenvalue weighted by molar-refractivity contribution is 7.99. The van der Waals surface area contributed by atoms with E-state index in [0.29, 0.717) is 11.6 Å². The van der Waals surface area contributed by atoms with Gasteiger partial charge in [0.15, 0.2) is 0 Å². The van der Waals surface area contributed by atoms with Gasteiger partial charge >= 0.3 is 12.0 Å². The Morgan fingerprint density at radius 1 is 1.43 bits per heavy atom. The molecule has 2 amide bonds. The Morgan fingerprint density at radius 2 is 2.14 bits per heavy atom. The third kappa shape index (κ3) is 3.32. The molecule has 5 nitrogen and oxygen atoms in total. The molecule has 1 atom stereocenters. The summed E-state index contributed by atoms with van der Waals surface area (Å²) in [5.41, 5.74) is 2.83. The molecule has 1 fully saturated rings. The molecule has 0 saturated carbocycles. The van der Waals surface area contributed by atoms with Crippen LogP contribution in [-0.2, 0) is 4.79 Å². The number of amides is 2. The number of aliphatic carboxylic acids is 1. The molecule has 2 rings (SSSR count). The largest absolute Gasteiger partial charge is 0.480 e. The van der Waals surface area contributed by atoms with Gasteiger partial charge in [0.2, 0.25) is 0 Å². The molecule has 21 heavy (non-hydrogen) atoms. The smallest absolute Gasteiger partial charge is 0.327 e. The summed E-state index contributed by atoms with van der Waals surface area (Å²) in [5, 5.41) is 12.1. The number of benzene rings is 1. The van der Waals surface area contributed by atoms with Crippen molar-refractivity contribution in [3.8, 4) is 0 Å². The lowest BCUT2D eigenvalue weighted by molar-refractivity contribution is -0.140. The summed E-state index contributed by atoms with van der Waals surface area (Å²) in [7, 11) is 0. The first kappa shape index (κ1) is 15.7. The van der Waals surface area contributed by atoms with E-state index >= 15 is 0 Å². The molecule has 0 aliphatic carbocycles. The monoisotopic (exact) mass is 308 g/mol. The molecule has 0 aromatic heterocycles. The van der Waals surface area contributed by atoms with Gasteiger partial charge in [-0.1, -0.05) is 32.0 Å². The number of carboxylic acid groups (broad SMARTS) is 1. The highest BCUT2D eigenvalue weighted by atomic mass is 32.2. The van der Waals surface area contributed by atoms with Crippen molar-refractivity contribution in [2.45, 2.75) is 32.7 Å². The Balaban J connectivity index is 2.22. The minimum absolute atomic E-state index is 0.281. The van der Waals surface area contributed by atoms with Gasteiger partial charge in [0.25, 0.3) is 0 Å². The summed E-state index contributed by atoms with van der Waals surface area (Å²) in [6.07, 6.45) is 0. The Labute approximate surface area is 128 Å². The van der Waals surface area contributed by atoms with Crippen LogP contribution in [0.2, 0.25) is 0 Å². The van der Waals surface area contributed by atoms with Gasteiger partial charge in [-0.05, 0) is 24.0 Å². The lowest BCUT2D eigenvalue weighted by Crippen LogP contribution is -2.44. The predicted molar refractivity (Wildman–Crippen MR) is 84.9 cm³/mol. The van der Waals surface area contributed by atoms with Gasteiger partial charge in [-0.3, -0.25) is 0 Å². The van der Waals surface area contributed by atoms with Gasteiger partial charge in [0.05, 0.1) is 5.88 Å². The highest BCUT2D eigenvalue weighted by Gasteiger charge is 2.34. The number of aryl methyl sites for hydroxylation is 1. The summed E-state index contributed by atoms with van der Waals surface area (Å²) in [5.74, 6) is 0.173. The van der Waals surface area contributed by atoms with Gasteiger partial charge in [-0.15, -0.1) is 11.8 Å². The van der Waals surface area contributed by atoms with E-state index in [1.54, 1.807) is 0 Å². The standard InChI is InChI=1S/C15H20N2O3S/c1-9(2)11-6-4-5-10(3)13(11)16-15(20)17-8-21-7-12(17)14(18)19/h4-6,9,12H,7-8H2,1-3H3,(H,16,20)(H,18,19). The first-order valence-electron chi connectivity index (χ1n) is 6.89. The Hall–Kier alpha value is -1.69. The van der Waals surface area contributed by atoms with E-state index in [-0.39, 0.29) is 11.9 Å². The zero-order valence-corrected chi connectivity index (χ0v) is 13.2. The van der Waals surface area contributed by atoms with Crippen molar-refractivity contribution in [1.29, 1.82) is 0 Å². The van der Waals surface area contributed by atoms with Crippen molar-refractivity contribution in [3.63, 3.8) is 0 Å². The molecule has 1 aromatic rings. The van der Waals surface area contributed by atoms with Crippen molar-refractivity contribution in [2.75, 3.05) is 16.9 Å². The Morgan fingerprint density at radius 3 is 2.76 bits per heavy atom.